The van der Waals surface area contributed by atoms with E-state index >= 15 is 0 Å². The molecule has 1 aromatic heterocycles. The summed E-state index contributed by atoms with van der Waals surface area (Å²) in [6.07, 6.45) is 5.59. The van der Waals surface area contributed by atoms with Gasteiger partial charge in [0.1, 0.15) is 11.5 Å². The summed E-state index contributed by atoms with van der Waals surface area (Å²) in [7, 11) is 3.31. The average Bonchev–Trinajstić information content (AvgIpc) is 2.91. The first-order valence-electron chi connectivity index (χ1n) is 13.1. The number of pyridine rings is 1. The van der Waals surface area contributed by atoms with Crippen molar-refractivity contribution in [1.82, 2.24) is 9.88 Å². The van der Waals surface area contributed by atoms with Crippen LogP contribution in [0.15, 0.2) is 54.7 Å². The van der Waals surface area contributed by atoms with Crippen LogP contribution in [0.2, 0.25) is 0 Å². The summed E-state index contributed by atoms with van der Waals surface area (Å²) in [6.45, 7) is 2.71. The van der Waals surface area contributed by atoms with Crippen LogP contribution in [0.5, 0.6) is 11.5 Å². The number of aliphatic carboxylic acids is 1. The second-order valence-electron chi connectivity index (χ2n) is 10.0. The lowest BCUT2D eigenvalue weighted by Gasteiger charge is -2.38. The lowest BCUT2D eigenvalue weighted by molar-refractivity contribution is -0.139. The Labute approximate surface area is 219 Å². The van der Waals surface area contributed by atoms with E-state index in [0.29, 0.717) is 6.42 Å². The minimum atomic E-state index is -0.749. The fraction of sp³-hybridized carbons (Fsp3) is 0.467. The predicted octanol–water partition coefficient (Wildman–Crippen LogP) is 5.11. The van der Waals surface area contributed by atoms with Crippen LogP contribution in [-0.4, -0.2) is 59.9 Å². The number of hydrogen-bond acceptors (Lipinski definition) is 6. The van der Waals surface area contributed by atoms with E-state index in [9.17, 15) is 15.0 Å². The number of piperidine rings is 1. The standard InChI is InChI=1S/C30H38N2O5/c1-36-24-7-3-5-21(17-24)6-4-15-32-16-13-22(23(20-32)18-30(34)35)8-11-29(33)26-12-14-31-28-10-9-25(37-2)19-27(26)28/h3,5,7,9-10,12,14,17,19,22-23,29,33H,4,6,8,11,13,15-16,18,20H2,1-2H3,(H,34,35)/t22-,23+,29+/m1/s1. The smallest absolute Gasteiger partial charge is 0.303 e. The number of aromatic nitrogens is 1. The zero-order valence-electron chi connectivity index (χ0n) is 21.8. The Hall–Kier alpha value is -3.16. The normalized spacial score (nSPS) is 19.0. The fourth-order valence-electron chi connectivity index (χ4n) is 5.62. The van der Waals surface area contributed by atoms with Crippen LogP contribution in [0.25, 0.3) is 10.9 Å². The number of likely N-dealkylation sites (tertiary alicyclic amines) is 1. The number of hydrogen-bond donors (Lipinski definition) is 2. The number of fused-ring (bicyclic) bond motifs is 1. The number of aliphatic hydroxyl groups is 1. The zero-order valence-corrected chi connectivity index (χ0v) is 21.8. The number of aliphatic hydroxyl groups excluding tert-OH is 1. The molecule has 37 heavy (non-hydrogen) atoms. The SMILES string of the molecule is COc1cccc(CCCN2CC[C@@H](CC[C@H](O)c3ccnc4ccc(OC)cc34)[C@@H](CC(=O)O)C2)c1. The minimum Gasteiger partial charge on any atom is -0.497 e. The third kappa shape index (κ3) is 7.21. The van der Waals surface area contributed by atoms with Crippen molar-refractivity contribution in [1.29, 1.82) is 0 Å². The van der Waals surface area contributed by atoms with Crippen LogP contribution in [0, 0.1) is 11.8 Å². The van der Waals surface area contributed by atoms with Gasteiger partial charge in [0, 0.05) is 24.5 Å². The molecular formula is C30H38N2O5. The summed E-state index contributed by atoms with van der Waals surface area (Å²) in [5, 5.41) is 21.5. The van der Waals surface area contributed by atoms with Gasteiger partial charge < -0.3 is 24.6 Å². The van der Waals surface area contributed by atoms with Crippen molar-refractivity contribution < 1.29 is 24.5 Å². The molecule has 0 aliphatic carbocycles. The molecule has 7 nitrogen and oxygen atoms in total. The molecule has 2 heterocycles. The number of carboxylic acid groups (broad SMARTS) is 1. The van der Waals surface area contributed by atoms with Gasteiger partial charge in [0.25, 0.3) is 0 Å². The van der Waals surface area contributed by atoms with Gasteiger partial charge in [0.15, 0.2) is 0 Å². The van der Waals surface area contributed by atoms with E-state index in [-0.39, 0.29) is 18.3 Å². The summed E-state index contributed by atoms with van der Waals surface area (Å²) in [5.41, 5.74) is 2.92. The van der Waals surface area contributed by atoms with Crippen LogP contribution in [0.4, 0.5) is 0 Å². The van der Waals surface area contributed by atoms with Crippen LogP contribution in [-0.2, 0) is 11.2 Å². The Bertz CT molecular complexity index is 1180. The molecule has 0 saturated carbocycles. The summed E-state index contributed by atoms with van der Waals surface area (Å²) >= 11 is 0. The van der Waals surface area contributed by atoms with Gasteiger partial charge in [-0.15, -0.1) is 0 Å². The van der Waals surface area contributed by atoms with Gasteiger partial charge >= 0.3 is 5.97 Å². The number of benzene rings is 2. The molecule has 1 aliphatic heterocycles. The number of aryl methyl sites for hydroxylation is 1. The maximum Gasteiger partial charge on any atom is 0.303 e. The molecule has 4 rings (SSSR count). The van der Waals surface area contributed by atoms with Crippen molar-refractivity contribution in [2.45, 2.75) is 44.6 Å². The van der Waals surface area contributed by atoms with E-state index in [2.05, 4.69) is 22.0 Å². The third-order valence-electron chi connectivity index (χ3n) is 7.64. The van der Waals surface area contributed by atoms with Crippen molar-refractivity contribution in [2.24, 2.45) is 11.8 Å². The van der Waals surface area contributed by atoms with Crippen LogP contribution in [0.3, 0.4) is 0 Å². The molecule has 198 valence electrons. The van der Waals surface area contributed by atoms with E-state index in [1.54, 1.807) is 20.4 Å². The number of carbonyl (C=O) groups is 1. The van der Waals surface area contributed by atoms with Crippen molar-refractivity contribution in [3.63, 3.8) is 0 Å². The van der Waals surface area contributed by atoms with Crippen molar-refractivity contribution in [2.75, 3.05) is 33.9 Å². The van der Waals surface area contributed by atoms with E-state index in [4.69, 9.17) is 9.47 Å². The summed E-state index contributed by atoms with van der Waals surface area (Å²) in [5.74, 6) is 1.23. The molecule has 1 fully saturated rings. The lowest BCUT2D eigenvalue weighted by Crippen LogP contribution is -2.42. The molecule has 0 unspecified atom stereocenters. The Morgan fingerprint density at radius 1 is 1.11 bits per heavy atom. The third-order valence-corrected chi connectivity index (χ3v) is 7.64. The van der Waals surface area contributed by atoms with Gasteiger partial charge in [-0.2, -0.15) is 0 Å². The Morgan fingerprint density at radius 2 is 1.92 bits per heavy atom. The Balaban J connectivity index is 1.34. The fourth-order valence-corrected chi connectivity index (χ4v) is 5.62. The maximum atomic E-state index is 11.6. The second-order valence-corrected chi connectivity index (χ2v) is 10.0. The van der Waals surface area contributed by atoms with E-state index < -0.39 is 12.1 Å². The molecule has 7 heteroatoms. The quantitative estimate of drug-likeness (QED) is 0.353. The lowest BCUT2D eigenvalue weighted by atomic mass is 9.79. The predicted molar refractivity (Wildman–Crippen MR) is 144 cm³/mol. The number of carboxylic acids is 1. The van der Waals surface area contributed by atoms with E-state index in [0.717, 1.165) is 73.3 Å². The highest BCUT2D eigenvalue weighted by atomic mass is 16.5. The first kappa shape index (κ1) is 26.9. The first-order valence-corrected chi connectivity index (χ1v) is 13.1. The summed E-state index contributed by atoms with van der Waals surface area (Å²) < 4.78 is 10.7. The van der Waals surface area contributed by atoms with Gasteiger partial charge in [-0.3, -0.25) is 9.78 Å². The topological polar surface area (TPSA) is 92.1 Å². The summed E-state index contributed by atoms with van der Waals surface area (Å²) in [4.78, 5) is 18.5. The van der Waals surface area contributed by atoms with E-state index in [1.807, 2.05) is 36.4 Å². The Kier molecular flexibility index (Phi) is 9.36. The van der Waals surface area contributed by atoms with Crippen molar-refractivity contribution >= 4 is 16.9 Å². The van der Waals surface area contributed by atoms with E-state index in [1.165, 1.54) is 5.56 Å². The largest absolute Gasteiger partial charge is 0.497 e. The molecule has 2 N–H and O–H groups in total. The highest BCUT2D eigenvalue weighted by Crippen LogP contribution is 2.35. The molecule has 0 radical (unpaired) electrons. The monoisotopic (exact) mass is 506 g/mol. The molecule has 1 aliphatic rings. The van der Waals surface area contributed by atoms with Crippen LogP contribution >= 0.6 is 0 Å². The van der Waals surface area contributed by atoms with Gasteiger partial charge in [-0.1, -0.05) is 12.1 Å². The molecule has 1 saturated heterocycles. The highest BCUT2D eigenvalue weighted by Gasteiger charge is 2.31. The molecule has 3 atom stereocenters. The number of ether oxygens (including phenoxy) is 2. The van der Waals surface area contributed by atoms with Crippen LogP contribution in [0.1, 0.15) is 49.3 Å². The number of methoxy groups -OCH3 is 2. The van der Waals surface area contributed by atoms with Gasteiger partial charge in [-0.05, 0) is 105 Å². The molecule has 2 aromatic carbocycles. The van der Waals surface area contributed by atoms with Gasteiger partial charge in [-0.25, -0.2) is 0 Å². The first-order chi connectivity index (χ1) is 18.0. The Morgan fingerprint density at radius 3 is 2.70 bits per heavy atom. The second kappa shape index (κ2) is 12.9. The highest BCUT2D eigenvalue weighted by molar-refractivity contribution is 5.83. The maximum absolute atomic E-state index is 11.6. The number of rotatable bonds is 12. The van der Waals surface area contributed by atoms with Gasteiger partial charge in [0.05, 0.1) is 25.8 Å². The average molecular weight is 507 g/mol. The van der Waals surface area contributed by atoms with Gasteiger partial charge in [0.2, 0.25) is 0 Å². The molecular weight excluding hydrogens is 468 g/mol. The number of nitrogens with zero attached hydrogens (tertiary/aromatic N) is 2. The molecule has 0 bridgehead atoms. The van der Waals surface area contributed by atoms with Crippen molar-refractivity contribution in [3.8, 4) is 11.5 Å². The summed E-state index contributed by atoms with van der Waals surface area (Å²) in [6, 6.07) is 15.7. The van der Waals surface area contributed by atoms with Crippen molar-refractivity contribution in [3.05, 3.63) is 65.9 Å². The van der Waals surface area contributed by atoms with Crippen LogP contribution < -0.4 is 9.47 Å². The molecule has 0 spiro atoms. The molecule has 0 amide bonds. The minimum absolute atomic E-state index is 0.0875. The zero-order chi connectivity index (χ0) is 26.2. The molecule has 3 aromatic rings.